The van der Waals surface area contributed by atoms with Crippen LogP contribution in [0.1, 0.15) is 22.8 Å². The molecule has 0 aromatic heterocycles. The van der Waals surface area contributed by atoms with Gasteiger partial charge in [-0.25, -0.2) is 4.79 Å². The molecule has 0 N–H and O–H groups in total. The van der Waals surface area contributed by atoms with Gasteiger partial charge in [0.15, 0.2) is 6.54 Å². The molecule has 0 aliphatic carbocycles. The second-order valence-electron chi connectivity index (χ2n) is 8.04. The quantitative estimate of drug-likeness (QED) is 0.366. The van der Waals surface area contributed by atoms with E-state index < -0.39 is 0 Å². The normalized spacial score (nSPS) is 11.4. The van der Waals surface area contributed by atoms with Crippen LogP contribution >= 0.6 is 0 Å². The Hall–Kier alpha value is -2.95. The molecule has 4 nitrogen and oxygen atoms in total. The molecule has 0 atom stereocenters. The Balaban J connectivity index is 1.52. The number of carbonyl (C=O) groups is 1. The molecule has 0 aliphatic heterocycles. The van der Waals surface area contributed by atoms with Crippen LogP contribution in [0.15, 0.2) is 91.0 Å². The summed E-state index contributed by atoms with van der Waals surface area (Å²) in [6.45, 7) is 1.85. The van der Waals surface area contributed by atoms with E-state index >= 15 is 0 Å². The number of benzene rings is 3. The first-order chi connectivity index (χ1) is 14.5. The van der Waals surface area contributed by atoms with Crippen LogP contribution < -0.4 is 0 Å². The van der Waals surface area contributed by atoms with E-state index in [2.05, 4.69) is 24.3 Å². The summed E-state index contributed by atoms with van der Waals surface area (Å²) in [7, 11) is 4.04. The average Bonchev–Trinajstić information content (AvgIpc) is 2.77. The van der Waals surface area contributed by atoms with Crippen LogP contribution in [0.25, 0.3) is 0 Å². The first-order valence-electron chi connectivity index (χ1n) is 10.3. The van der Waals surface area contributed by atoms with Crippen LogP contribution in [0.3, 0.4) is 0 Å². The Morgan fingerprint density at radius 2 is 1.30 bits per heavy atom. The zero-order valence-corrected chi connectivity index (χ0v) is 17.7. The molecule has 0 unspecified atom stereocenters. The topological polar surface area (TPSA) is 35.5 Å². The molecule has 0 amide bonds. The molecule has 3 aromatic carbocycles. The number of hydrogen-bond donors (Lipinski definition) is 0. The van der Waals surface area contributed by atoms with Crippen molar-refractivity contribution in [2.24, 2.45) is 0 Å². The van der Waals surface area contributed by atoms with Crippen LogP contribution in [0, 0.1) is 0 Å². The summed E-state index contributed by atoms with van der Waals surface area (Å²) in [5.41, 5.74) is 3.24. The summed E-state index contributed by atoms with van der Waals surface area (Å²) in [5, 5.41) is 0. The molecular formula is C26H30NO3+. The van der Waals surface area contributed by atoms with E-state index in [4.69, 9.17) is 9.47 Å². The predicted octanol–water partition coefficient (Wildman–Crippen LogP) is 4.61. The number of rotatable bonds is 10. The van der Waals surface area contributed by atoms with Crippen molar-refractivity contribution in [3.8, 4) is 0 Å². The molecule has 30 heavy (non-hydrogen) atoms. The SMILES string of the molecule is C[N+](C)(CCOC(c1ccccc1)c1ccccc1)CC(=O)OCc1ccccc1. The lowest BCUT2D eigenvalue weighted by atomic mass is 10.0. The summed E-state index contributed by atoms with van der Waals surface area (Å²) >= 11 is 0. The van der Waals surface area contributed by atoms with Gasteiger partial charge in [-0.3, -0.25) is 0 Å². The molecule has 0 fully saturated rings. The molecule has 3 aromatic rings. The first-order valence-corrected chi connectivity index (χ1v) is 10.3. The minimum atomic E-state index is -0.202. The summed E-state index contributed by atoms with van der Waals surface area (Å²) in [6.07, 6.45) is -0.127. The van der Waals surface area contributed by atoms with E-state index in [1.807, 2.05) is 80.8 Å². The molecule has 4 heteroatoms. The van der Waals surface area contributed by atoms with Gasteiger partial charge in [-0.15, -0.1) is 0 Å². The minimum absolute atomic E-state index is 0.127. The first kappa shape index (κ1) is 21.8. The molecule has 0 saturated heterocycles. The fourth-order valence-corrected chi connectivity index (χ4v) is 3.27. The lowest BCUT2D eigenvalue weighted by Gasteiger charge is -2.29. The number of nitrogens with zero attached hydrogens (tertiary/aromatic N) is 1. The maximum absolute atomic E-state index is 12.3. The van der Waals surface area contributed by atoms with Gasteiger partial charge in [-0.1, -0.05) is 91.0 Å². The molecule has 0 saturated carbocycles. The third-order valence-electron chi connectivity index (χ3n) is 4.99. The predicted molar refractivity (Wildman–Crippen MR) is 119 cm³/mol. The monoisotopic (exact) mass is 404 g/mol. The number of carbonyl (C=O) groups excluding carboxylic acids is 1. The third-order valence-corrected chi connectivity index (χ3v) is 4.99. The Morgan fingerprint density at radius 3 is 1.83 bits per heavy atom. The van der Waals surface area contributed by atoms with Gasteiger partial charge in [0.1, 0.15) is 19.3 Å². The maximum Gasteiger partial charge on any atom is 0.362 e. The van der Waals surface area contributed by atoms with Gasteiger partial charge in [0.05, 0.1) is 20.7 Å². The zero-order chi connectivity index (χ0) is 21.2. The van der Waals surface area contributed by atoms with Crippen molar-refractivity contribution in [1.29, 1.82) is 0 Å². The molecule has 0 aliphatic rings. The van der Waals surface area contributed by atoms with E-state index in [0.717, 1.165) is 16.7 Å². The number of quaternary nitrogens is 1. The molecule has 3 rings (SSSR count). The van der Waals surface area contributed by atoms with Gasteiger partial charge in [-0.05, 0) is 16.7 Å². The third kappa shape index (κ3) is 6.83. The van der Waals surface area contributed by atoms with Gasteiger partial charge in [0.25, 0.3) is 0 Å². The molecular weight excluding hydrogens is 374 g/mol. The summed E-state index contributed by atoms with van der Waals surface area (Å²) in [5.74, 6) is -0.202. The molecule has 0 heterocycles. The van der Waals surface area contributed by atoms with E-state index in [9.17, 15) is 4.79 Å². The number of ether oxygens (including phenoxy) is 2. The highest BCUT2D eigenvalue weighted by atomic mass is 16.5. The number of esters is 1. The zero-order valence-electron chi connectivity index (χ0n) is 17.7. The van der Waals surface area contributed by atoms with Gasteiger partial charge in [-0.2, -0.15) is 0 Å². The van der Waals surface area contributed by atoms with Crippen molar-refractivity contribution >= 4 is 5.97 Å². The summed E-state index contributed by atoms with van der Waals surface area (Å²) in [6, 6.07) is 30.2. The van der Waals surface area contributed by atoms with Crippen molar-refractivity contribution in [2.45, 2.75) is 12.7 Å². The minimum Gasteiger partial charge on any atom is -0.457 e. The smallest absolute Gasteiger partial charge is 0.362 e. The number of hydrogen-bond acceptors (Lipinski definition) is 3. The summed E-state index contributed by atoms with van der Waals surface area (Å²) in [4.78, 5) is 12.3. The van der Waals surface area contributed by atoms with Crippen LogP contribution in [-0.2, 0) is 20.9 Å². The van der Waals surface area contributed by atoms with Crippen molar-refractivity contribution in [3.05, 3.63) is 108 Å². The van der Waals surface area contributed by atoms with E-state index in [1.165, 1.54) is 0 Å². The van der Waals surface area contributed by atoms with Crippen molar-refractivity contribution in [2.75, 3.05) is 33.8 Å². The lowest BCUT2D eigenvalue weighted by Crippen LogP contribution is -2.46. The number of likely N-dealkylation sites (N-methyl/N-ethyl adjacent to an activating group) is 1. The van der Waals surface area contributed by atoms with Gasteiger partial charge >= 0.3 is 5.97 Å². The Morgan fingerprint density at radius 1 is 0.800 bits per heavy atom. The van der Waals surface area contributed by atoms with Crippen LogP contribution in [-0.4, -0.2) is 44.2 Å². The largest absolute Gasteiger partial charge is 0.457 e. The van der Waals surface area contributed by atoms with E-state index in [-0.39, 0.29) is 12.1 Å². The van der Waals surface area contributed by atoms with Crippen LogP contribution in [0.2, 0.25) is 0 Å². The molecule has 156 valence electrons. The maximum atomic E-state index is 12.3. The molecule has 0 bridgehead atoms. The fourth-order valence-electron chi connectivity index (χ4n) is 3.27. The van der Waals surface area contributed by atoms with E-state index in [0.29, 0.717) is 30.8 Å². The second kappa shape index (κ2) is 10.7. The van der Waals surface area contributed by atoms with Gasteiger partial charge < -0.3 is 14.0 Å². The Kier molecular flexibility index (Phi) is 7.77. The Labute approximate surface area is 179 Å². The van der Waals surface area contributed by atoms with Crippen molar-refractivity contribution in [3.63, 3.8) is 0 Å². The lowest BCUT2D eigenvalue weighted by molar-refractivity contribution is -0.883. The average molecular weight is 405 g/mol. The van der Waals surface area contributed by atoms with E-state index in [1.54, 1.807) is 0 Å². The van der Waals surface area contributed by atoms with Gasteiger partial charge in [0.2, 0.25) is 0 Å². The summed E-state index contributed by atoms with van der Waals surface area (Å²) < 4.78 is 12.2. The standard InChI is InChI=1S/C26H30NO3/c1-27(2,20-25(28)30-21-22-12-6-3-7-13-22)18-19-29-26(23-14-8-4-9-15-23)24-16-10-5-11-17-24/h3-17,26H,18-21H2,1-2H3/q+1. The fraction of sp³-hybridized carbons (Fsp3) is 0.269. The molecule has 0 spiro atoms. The van der Waals surface area contributed by atoms with Crippen molar-refractivity contribution in [1.82, 2.24) is 0 Å². The van der Waals surface area contributed by atoms with Crippen LogP contribution in [0.4, 0.5) is 0 Å². The van der Waals surface area contributed by atoms with Crippen molar-refractivity contribution < 1.29 is 18.8 Å². The van der Waals surface area contributed by atoms with Gasteiger partial charge in [0, 0.05) is 0 Å². The highest BCUT2D eigenvalue weighted by Gasteiger charge is 2.23. The Bertz CT molecular complexity index is 856. The highest BCUT2D eigenvalue weighted by Crippen LogP contribution is 2.25. The molecule has 0 radical (unpaired) electrons. The van der Waals surface area contributed by atoms with Crippen LogP contribution in [0.5, 0.6) is 0 Å². The highest BCUT2D eigenvalue weighted by molar-refractivity contribution is 5.70. The second-order valence-corrected chi connectivity index (χ2v) is 8.04.